The summed E-state index contributed by atoms with van der Waals surface area (Å²) in [6.45, 7) is 0.367. The molecule has 1 N–H and O–H groups in total. The number of anilines is 2. The number of hydrogen-bond donors (Lipinski definition) is 1. The number of rotatable bonds is 4. The molecule has 3 rings (SSSR count). The van der Waals surface area contributed by atoms with Crippen LogP contribution in [-0.2, 0) is 10.0 Å². The molecule has 0 atom stereocenters. The molecule has 0 unspecified atom stereocenters. The maximum absolute atomic E-state index is 12.5. The number of halogens is 1. The Labute approximate surface area is 157 Å². The Morgan fingerprint density at radius 3 is 2.54 bits per heavy atom. The third-order valence-corrected chi connectivity index (χ3v) is 6.35. The van der Waals surface area contributed by atoms with Crippen LogP contribution in [0.3, 0.4) is 0 Å². The molecule has 1 amide bonds. The summed E-state index contributed by atoms with van der Waals surface area (Å²) >= 11 is 6.20. The predicted molar refractivity (Wildman–Crippen MR) is 103 cm³/mol. The number of hydrogen-bond acceptors (Lipinski definition) is 4. The first-order valence-corrected chi connectivity index (χ1v) is 10.1. The van der Waals surface area contributed by atoms with Crippen molar-refractivity contribution in [1.82, 2.24) is 0 Å². The van der Waals surface area contributed by atoms with Gasteiger partial charge < -0.3 is 10.1 Å². The van der Waals surface area contributed by atoms with Crippen LogP contribution in [0.15, 0.2) is 42.5 Å². The predicted octanol–water partition coefficient (Wildman–Crippen LogP) is 3.53. The van der Waals surface area contributed by atoms with Crippen LogP contribution in [0.4, 0.5) is 11.4 Å². The molecule has 1 saturated heterocycles. The van der Waals surface area contributed by atoms with Gasteiger partial charge in [0.2, 0.25) is 10.0 Å². The average molecular weight is 395 g/mol. The lowest BCUT2D eigenvalue weighted by molar-refractivity contribution is 0.102. The highest BCUT2D eigenvalue weighted by Gasteiger charge is 2.28. The number of ether oxygens (including phenoxy) is 1. The molecule has 138 valence electrons. The minimum Gasteiger partial charge on any atom is -0.497 e. The van der Waals surface area contributed by atoms with E-state index in [2.05, 4.69) is 5.32 Å². The van der Waals surface area contributed by atoms with Crippen molar-refractivity contribution in [2.45, 2.75) is 12.8 Å². The Balaban J connectivity index is 1.85. The molecule has 1 heterocycles. The molecule has 0 radical (unpaired) electrons. The maximum Gasteiger partial charge on any atom is 0.255 e. The molecule has 2 aromatic carbocycles. The summed E-state index contributed by atoms with van der Waals surface area (Å²) < 4.78 is 31.0. The van der Waals surface area contributed by atoms with E-state index < -0.39 is 10.0 Å². The largest absolute Gasteiger partial charge is 0.497 e. The van der Waals surface area contributed by atoms with Gasteiger partial charge in [0.15, 0.2) is 0 Å². The number of amides is 1. The fraction of sp³-hybridized carbons (Fsp3) is 0.278. The minimum atomic E-state index is -3.40. The Hall–Kier alpha value is -2.25. The van der Waals surface area contributed by atoms with Crippen LogP contribution in [-0.4, -0.2) is 33.7 Å². The number of methoxy groups -OCH3 is 1. The molecule has 6 nitrogen and oxygen atoms in total. The highest BCUT2D eigenvalue weighted by molar-refractivity contribution is 7.92. The fourth-order valence-corrected chi connectivity index (χ4v) is 4.70. The molecule has 1 aliphatic rings. The molecular weight excluding hydrogens is 376 g/mol. The lowest BCUT2D eigenvalue weighted by Gasteiger charge is -2.29. The van der Waals surface area contributed by atoms with Crippen molar-refractivity contribution in [3.63, 3.8) is 0 Å². The number of sulfonamides is 1. The van der Waals surface area contributed by atoms with E-state index in [1.165, 1.54) is 10.4 Å². The molecule has 0 spiro atoms. The third-order valence-electron chi connectivity index (χ3n) is 4.17. The zero-order valence-electron chi connectivity index (χ0n) is 14.2. The number of nitrogens with zero attached hydrogens (tertiary/aromatic N) is 1. The Morgan fingerprint density at radius 1 is 1.15 bits per heavy atom. The van der Waals surface area contributed by atoms with E-state index in [0.29, 0.717) is 40.7 Å². The summed E-state index contributed by atoms with van der Waals surface area (Å²) in [4.78, 5) is 12.5. The Bertz CT molecular complexity index is 913. The van der Waals surface area contributed by atoms with Gasteiger partial charge >= 0.3 is 0 Å². The van der Waals surface area contributed by atoms with E-state index in [0.717, 1.165) is 6.42 Å². The van der Waals surface area contributed by atoms with Gasteiger partial charge in [0, 0.05) is 17.8 Å². The lowest BCUT2D eigenvalue weighted by Crippen LogP contribution is -2.38. The number of nitrogens with one attached hydrogen (secondary N) is 1. The Morgan fingerprint density at radius 2 is 1.88 bits per heavy atom. The first-order valence-electron chi connectivity index (χ1n) is 8.16. The first-order chi connectivity index (χ1) is 12.4. The molecule has 1 aliphatic heterocycles. The zero-order chi connectivity index (χ0) is 18.7. The first kappa shape index (κ1) is 18.5. The fourth-order valence-electron chi connectivity index (χ4n) is 2.78. The van der Waals surface area contributed by atoms with Crippen LogP contribution in [0.1, 0.15) is 23.2 Å². The summed E-state index contributed by atoms with van der Waals surface area (Å²) in [6.07, 6.45) is 1.39. The van der Waals surface area contributed by atoms with E-state index in [9.17, 15) is 13.2 Å². The topological polar surface area (TPSA) is 75.7 Å². The van der Waals surface area contributed by atoms with Crippen molar-refractivity contribution in [2.75, 3.05) is 29.0 Å². The van der Waals surface area contributed by atoms with E-state index in [4.69, 9.17) is 16.3 Å². The summed E-state index contributed by atoms with van der Waals surface area (Å²) in [5, 5.41) is 3.08. The monoisotopic (exact) mass is 394 g/mol. The standard InChI is InChI=1S/C18H19ClN2O4S/c1-25-15-7-5-14(6-8-15)20-18(22)13-4-9-16(19)17(12-13)21-10-2-3-11-26(21,23)24/h4-9,12H,2-3,10-11H2,1H3,(H,20,22). The van der Waals surface area contributed by atoms with Crippen LogP contribution in [0.25, 0.3) is 0 Å². The highest BCUT2D eigenvalue weighted by atomic mass is 35.5. The smallest absolute Gasteiger partial charge is 0.255 e. The average Bonchev–Trinajstić information content (AvgIpc) is 2.63. The van der Waals surface area contributed by atoms with Crippen molar-refractivity contribution in [3.05, 3.63) is 53.1 Å². The van der Waals surface area contributed by atoms with E-state index in [1.54, 1.807) is 43.5 Å². The van der Waals surface area contributed by atoms with Crippen molar-refractivity contribution < 1.29 is 17.9 Å². The number of carbonyl (C=O) groups excluding carboxylic acids is 1. The molecule has 0 bridgehead atoms. The molecule has 26 heavy (non-hydrogen) atoms. The molecule has 0 aliphatic carbocycles. The van der Waals surface area contributed by atoms with Gasteiger partial charge in [-0.2, -0.15) is 0 Å². The van der Waals surface area contributed by atoms with Crippen LogP contribution >= 0.6 is 11.6 Å². The maximum atomic E-state index is 12.5. The normalized spacial score (nSPS) is 16.2. The van der Waals surface area contributed by atoms with Crippen molar-refractivity contribution in [3.8, 4) is 5.75 Å². The number of benzene rings is 2. The van der Waals surface area contributed by atoms with Crippen molar-refractivity contribution in [2.24, 2.45) is 0 Å². The summed E-state index contributed by atoms with van der Waals surface area (Å²) in [5.41, 5.74) is 1.28. The van der Waals surface area contributed by atoms with Crippen molar-refractivity contribution >= 4 is 38.9 Å². The van der Waals surface area contributed by atoms with Gasteiger partial charge in [-0.15, -0.1) is 0 Å². The second-order valence-corrected chi connectivity index (χ2v) is 8.36. The summed E-state index contributed by atoms with van der Waals surface area (Å²) in [7, 11) is -1.84. The van der Waals surface area contributed by atoms with Crippen LogP contribution in [0.5, 0.6) is 5.75 Å². The zero-order valence-corrected chi connectivity index (χ0v) is 15.8. The van der Waals surface area contributed by atoms with E-state index in [1.807, 2.05) is 0 Å². The highest BCUT2D eigenvalue weighted by Crippen LogP contribution is 2.32. The lowest BCUT2D eigenvalue weighted by atomic mass is 10.1. The van der Waals surface area contributed by atoms with Gasteiger partial charge in [-0.25, -0.2) is 8.42 Å². The quantitative estimate of drug-likeness (QED) is 0.860. The van der Waals surface area contributed by atoms with Crippen LogP contribution in [0, 0.1) is 0 Å². The van der Waals surface area contributed by atoms with Crippen LogP contribution < -0.4 is 14.4 Å². The summed E-state index contributed by atoms with van der Waals surface area (Å²) in [5.74, 6) is 0.431. The summed E-state index contributed by atoms with van der Waals surface area (Å²) in [6, 6.07) is 11.6. The van der Waals surface area contributed by atoms with Gasteiger partial charge in [0.25, 0.3) is 5.91 Å². The van der Waals surface area contributed by atoms with E-state index >= 15 is 0 Å². The molecule has 8 heteroatoms. The molecule has 0 aromatic heterocycles. The SMILES string of the molecule is COc1ccc(NC(=O)c2ccc(Cl)c(N3CCCCS3(=O)=O)c2)cc1. The van der Waals surface area contributed by atoms with Gasteiger partial charge in [-0.05, 0) is 55.3 Å². The van der Waals surface area contributed by atoms with E-state index in [-0.39, 0.29) is 11.7 Å². The second kappa shape index (κ2) is 7.55. The van der Waals surface area contributed by atoms with Crippen LogP contribution in [0.2, 0.25) is 5.02 Å². The van der Waals surface area contributed by atoms with Gasteiger partial charge in [-0.1, -0.05) is 11.6 Å². The molecule has 2 aromatic rings. The van der Waals surface area contributed by atoms with Gasteiger partial charge in [-0.3, -0.25) is 9.10 Å². The minimum absolute atomic E-state index is 0.0889. The molecule has 0 saturated carbocycles. The number of carbonyl (C=O) groups is 1. The molecule has 1 fully saturated rings. The van der Waals surface area contributed by atoms with Gasteiger partial charge in [0.1, 0.15) is 5.75 Å². The Kier molecular flexibility index (Phi) is 5.38. The third kappa shape index (κ3) is 3.94. The van der Waals surface area contributed by atoms with Gasteiger partial charge in [0.05, 0.1) is 23.6 Å². The van der Waals surface area contributed by atoms with Crippen molar-refractivity contribution in [1.29, 1.82) is 0 Å². The molecular formula is C18H19ClN2O4S. The second-order valence-electron chi connectivity index (χ2n) is 5.94.